The Bertz CT molecular complexity index is 960. The number of aliphatic imine (C=N–C) groups is 1. The summed E-state index contributed by atoms with van der Waals surface area (Å²) in [7, 11) is 0. The minimum absolute atomic E-state index is 0.0362. The van der Waals surface area contributed by atoms with Gasteiger partial charge in [0.15, 0.2) is 6.23 Å². The van der Waals surface area contributed by atoms with Gasteiger partial charge in [-0.25, -0.2) is 9.38 Å². The van der Waals surface area contributed by atoms with E-state index in [2.05, 4.69) is 10.3 Å². The number of ether oxygens (including phenoxy) is 1. The average Bonchev–Trinajstić information content (AvgIpc) is 2.61. The topological polar surface area (TPSA) is 80.0 Å². The number of fused-ring (bicyclic) bond motifs is 3. The van der Waals surface area contributed by atoms with Crippen LogP contribution in [0.3, 0.4) is 0 Å². The number of piperidine rings is 1. The fourth-order valence-corrected chi connectivity index (χ4v) is 4.00. The number of hydrogen-bond donors (Lipinski definition) is 2. The Kier molecular flexibility index (Phi) is 3.04. The summed E-state index contributed by atoms with van der Waals surface area (Å²) in [4.78, 5) is 19.0. The first-order chi connectivity index (χ1) is 12.6. The van der Waals surface area contributed by atoms with Gasteiger partial charge in [0.1, 0.15) is 23.1 Å². The normalized spacial score (nSPS) is 26.2. The first-order valence-corrected chi connectivity index (χ1v) is 8.55. The number of nitrogens with one attached hydrogen (secondary N) is 1. The van der Waals surface area contributed by atoms with Crippen LogP contribution in [0.15, 0.2) is 47.5 Å². The second kappa shape index (κ2) is 5.20. The molecule has 3 aliphatic heterocycles. The third kappa shape index (κ3) is 2.09. The lowest BCUT2D eigenvalue weighted by Gasteiger charge is -2.48. The summed E-state index contributed by atoms with van der Waals surface area (Å²) in [5, 5.41) is 3.33. The lowest BCUT2D eigenvalue weighted by molar-refractivity contribution is -0.0242. The van der Waals surface area contributed by atoms with Crippen molar-refractivity contribution in [2.75, 3.05) is 11.9 Å². The standard InChI is InChI=1S/C19H17FN4O2/c20-12-5-3-6-13-16(12)17(21)23-19(22-13)8-9-24-15(10-19)26-14-7-2-1-4-11(14)18(24)25/h1-7,15,22H,8-10H2,(H2,21,23). The summed E-state index contributed by atoms with van der Waals surface area (Å²) >= 11 is 0. The number of nitrogens with zero attached hydrogens (tertiary/aromatic N) is 2. The zero-order chi connectivity index (χ0) is 17.9. The Morgan fingerprint density at radius 1 is 1.27 bits per heavy atom. The largest absolute Gasteiger partial charge is 0.469 e. The fourth-order valence-electron chi connectivity index (χ4n) is 4.00. The first-order valence-electron chi connectivity index (χ1n) is 8.55. The summed E-state index contributed by atoms with van der Waals surface area (Å²) in [6, 6.07) is 12.0. The monoisotopic (exact) mass is 352 g/mol. The summed E-state index contributed by atoms with van der Waals surface area (Å²) in [6.07, 6.45) is 0.562. The maximum atomic E-state index is 14.1. The number of benzene rings is 2. The van der Waals surface area contributed by atoms with Gasteiger partial charge in [-0.05, 0) is 24.3 Å². The summed E-state index contributed by atoms with van der Waals surface area (Å²) in [5.41, 5.74) is 6.86. The molecule has 3 heterocycles. The van der Waals surface area contributed by atoms with E-state index < -0.39 is 17.7 Å². The number of para-hydroxylation sites is 1. The molecule has 2 unspecified atom stereocenters. The minimum atomic E-state index is -0.710. The van der Waals surface area contributed by atoms with E-state index in [9.17, 15) is 9.18 Å². The van der Waals surface area contributed by atoms with Gasteiger partial charge in [-0.3, -0.25) is 4.79 Å². The second-order valence-corrected chi connectivity index (χ2v) is 6.84. The highest BCUT2D eigenvalue weighted by Gasteiger charge is 2.47. The van der Waals surface area contributed by atoms with Crippen LogP contribution in [0.1, 0.15) is 28.8 Å². The molecule has 5 rings (SSSR count). The number of rotatable bonds is 0. The van der Waals surface area contributed by atoms with Gasteiger partial charge in [-0.15, -0.1) is 0 Å². The molecular weight excluding hydrogens is 335 g/mol. The van der Waals surface area contributed by atoms with Crippen LogP contribution in [-0.2, 0) is 0 Å². The Labute approximate surface area is 149 Å². The van der Waals surface area contributed by atoms with Gasteiger partial charge < -0.3 is 20.7 Å². The number of amidine groups is 1. The summed E-state index contributed by atoms with van der Waals surface area (Å²) in [6.45, 7) is 0.478. The van der Waals surface area contributed by atoms with Crippen LogP contribution in [0.25, 0.3) is 0 Å². The second-order valence-electron chi connectivity index (χ2n) is 6.84. The number of amides is 1. The van der Waals surface area contributed by atoms with Gasteiger partial charge in [-0.2, -0.15) is 0 Å². The van der Waals surface area contributed by atoms with E-state index in [1.165, 1.54) is 6.07 Å². The van der Waals surface area contributed by atoms with E-state index in [1.54, 1.807) is 29.2 Å². The predicted octanol–water partition coefficient (Wildman–Crippen LogP) is 2.31. The summed E-state index contributed by atoms with van der Waals surface area (Å²) < 4.78 is 20.1. The molecule has 3 N–H and O–H groups in total. The molecule has 2 aromatic carbocycles. The van der Waals surface area contributed by atoms with Gasteiger partial charge in [0.2, 0.25) is 0 Å². The molecule has 0 saturated carbocycles. The smallest absolute Gasteiger partial charge is 0.260 e. The number of anilines is 1. The average molecular weight is 352 g/mol. The Balaban J connectivity index is 1.50. The van der Waals surface area contributed by atoms with Gasteiger partial charge in [0.25, 0.3) is 5.91 Å². The zero-order valence-electron chi connectivity index (χ0n) is 13.9. The van der Waals surface area contributed by atoms with Crippen LogP contribution in [0.2, 0.25) is 0 Å². The van der Waals surface area contributed by atoms with Crippen LogP contribution in [0.5, 0.6) is 5.75 Å². The number of halogens is 1. The molecule has 1 saturated heterocycles. The van der Waals surface area contributed by atoms with Crippen molar-refractivity contribution < 1.29 is 13.9 Å². The first kappa shape index (κ1) is 15.2. The lowest BCUT2D eigenvalue weighted by atomic mass is 9.91. The van der Waals surface area contributed by atoms with Crippen LogP contribution >= 0.6 is 0 Å². The third-order valence-corrected chi connectivity index (χ3v) is 5.24. The van der Waals surface area contributed by atoms with E-state index in [-0.39, 0.29) is 11.7 Å². The van der Waals surface area contributed by atoms with Gasteiger partial charge in [-0.1, -0.05) is 18.2 Å². The van der Waals surface area contributed by atoms with Crippen molar-refractivity contribution >= 4 is 17.4 Å². The summed E-state index contributed by atoms with van der Waals surface area (Å²) in [5.74, 6) is 0.315. The number of nitrogens with two attached hydrogens (primary N) is 1. The highest BCUT2D eigenvalue weighted by atomic mass is 19.1. The molecule has 132 valence electrons. The maximum absolute atomic E-state index is 14.1. The predicted molar refractivity (Wildman–Crippen MR) is 94.6 cm³/mol. The maximum Gasteiger partial charge on any atom is 0.260 e. The number of hydrogen-bond acceptors (Lipinski definition) is 5. The van der Waals surface area contributed by atoms with Crippen LogP contribution < -0.4 is 15.8 Å². The van der Waals surface area contributed by atoms with Gasteiger partial charge in [0, 0.05) is 25.1 Å². The molecule has 2 aromatic rings. The molecule has 0 bridgehead atoms. The van der Waals surface area contributed by atoms with Gasteiger partial charge >= 0.3 is 0 Å². The van der Waals surface area contributed by atoms with E-state index in [1.807, 2.05) is 12.1 Å². The van der Waals surface area contributed by atoms with Crippen molar-refractivity contribution in [3.05, 3.63) is 59.4 Å². The number of carbonyl (C=O) groups excluding carboxylic acids is 1. The Morgan fingerprint density at radius 2 is 2.12 bits per heavy atom. The van der Waals surface area contributed by atoms with E-state index in [0.717, 1.165) is 0 Å². The highest BCUT2D eigenvalue weighted by Crippen LogP contribution is 2.40. The molecule has 6 nitrogen and oxygen atoms in total. The van der Waals surface area contributed by atoms with E-state index >= 15 is 0 Å². The molecule has 1 amide bonds. The molecule has 0 radical (unpaired) electrons. The molecule has 3 aliphatic rings. The van der Waals surface area contributed by atoms with Crippen LogP contribution in [0.4, 0.5) is 10.1 Å². The van der Waals surface area contributed by atoms with Crippen molar-refractivity contribution in [1.29, 1.82) is 0 Å². The molecular formula is C19H17FN4O2. The zero-order valence-corrected chi connectivity index (χ0v) is 13.9. The Morgan fingerprint density at radius 3 is 3.00 bits per heavy atom. The number of carbonyl (C=O) groups is 1. The van der Waals surface area contributed by atoms with Crippen molar-refractivity contribution in [3.8, 4) is 5.75 Å². The molecule has 26 heavy (non-hydrogen) atoms. The van der Waals surface area contributed by atoms with Crippen molar-refractivity contribution in [3.63, 3.8) is 0 Å². The fraction of sp³-hybridized carbons (Fsp3) is 0.263. The quantitative estimate of drug-likeness (QED) is 0.762. The molecule has 1 fully saturated rings. The highest BCUT2D eigenvalue weighted by molar-refractivity contribution is 6.04. The van der Waals surface area contributed by atoms with Crippen molar-refractivity contribution in [2.45, 2.75) is 24.7 Å². The third-order valence-electron chi connectivity index (χ3n) is 5.24. The molecule has 7 heteroatoms. The molecule has 1 spiro atoms. The van der Waals surface area contributed by atoms with E-state index in [0.29, 0.717) is 42.0 Å². The Hall–Kier alpha value is -3.09. The van der Waals surface area contributed by atoms with E-state index in [4.69, 9.17) is 10.5 Å². The molecule has 0 aliphatic carbocycles. The van der Waals surface area contributed by atoms with Crippen LogP contribution in [-0.4, -0.2) is 35.1 Å². The van der Waals surface area contributed by atoms with Gasteiger partial charge in [0.05, 0.1) is 11.1 Å². The minimum Gasteiger partial charge on any atom is -0.469 e. The SMILES string of the molecule is NC1=NC2(CCN3C(=O)c4ccccc4OC3C2)Nc2cccc(F)c21. The van der Waals surface area contributed by atoms with Crippen molar-refractivity contribution in [2.24, 2.45) is 10.7 Å². The lowest BCUT2D eigenvalue weighted by Crippen LogP contribution is -2.59. The molecule has 0 aromatic heterocycles. The molecule has 2 atom stereocenters. The van der Waals surface area contributed by atoms with Crippen LogP contribution in [0, 0.1) is 5.82 Å². The van der Waals surface area contributed by atoms with Crippen molar-refractivity contribution in [1.82, 2.24) is 4.90 Å².